The second-order valence-corrected chi connectivity index (χ2v) is 8.19. The van der Waals surface area contributed by atoms with Gasteiger partial charge in [-0.05, 0) is 25.3 Å². The molecule has 4 atom stereocenters. The molecule has 0 aromatic heterocycles. The first-order valence-electron chi connectivity index (χ1n) is 10.1. The van der Waals surface area contributed by atoms with Crippen LogP contribution in [0.1, 0.15) is 30.4 Å². The number of nitrogens with two attached hydrogens (primary N) is 1. The number of benzene rings is 1. The van der Waals surface area contributed by atoms with Gasteiger partial charge in [0.25, 0.3) is 0 Å². The molecular formula is C21H26N4O5. The van der Waals surface area contributed by atoms with E-state index in [2.05, 4.69) is 10.6 Å². The number of likely N-dealkylation sites (tertiary alicyclic amines) is 1. The lowest BCUT2D eigenvalue weighted by atomic mass is 9.76. The Kier molecular flexibility index (Phi) is 5.11. The lowest BCUT2D eigenvalue weighted by molar-refractivity contribution is -0.143. The largest absolute Gasteiger partial charge is 0.385 e. The van der Waals surface area contributed by atoms with Crippen LogP contribution in [0, 0.1) is 18.8 Å². The zero-order valence-electron chi connectivity index (χ0n) is 17.1. The molecule has 0 saturated carbocycles. The molecule has 3 aliphatic heterocycles. The lowest BCUT2D eigenvalue weighted by Gasteiger charge is -2.29. The number of amides is 4. The Hall–Kier alpha value is -2.78. The molecule has 1 aromatic carbocycles. The third-order valence-electron chi connectivity index (χ3n) is 6.48. The lowest BCUT2D eigenvalue weighted by Crippen LogP contribution is -2.53. The van der Waals surface area contributed by atoms with Gasteiger partial charge >= 0.3 is 0 Å². The summed E-state index contributed by atoms with van der Waals surface area (Å²) < 4.78 is 5.05. The molecule has 4 unspecified atom stereocenters. The molecule has 4 rings (SSSR count). The minimum atomic E-state index is -1.34. The highest BCUT2D eigenvalue weighted by atomic mass is 16.5. The van der Waals surface area contributed by atoms with Crippen molar-refractivity contribution in [3.05, 3.63) is 29.3 Å². The summed E-state index contributed by atoms with van der Waals surface area (Å²) in [7, 11) is 1.56. The molecule has 4 N–H and O–H groups in total. The first-order valence-corrected chi connectivity index (χ1v) is 10.1. The van der Waals surface area contributed by atoms with Crippen LogP contribution in [-0.4, -0.2) is 54.8 Å². The number of hydrogen-bond donors (Lipinski definition) is 3. The number of aryl methyl sites for hydroxylation is 1. The molecule has 9 heteroatoms. The summed E-state index contributed by atoms with van der Waals surface area (Å²) in [5, 5.41) is 6.20. The van der Waals surface area contributed by atoms with Crippen LogP contribution in [-0.2, 0) is 29.5 Å². The van der Waals surface area contributed by atoms with Crippen molar-refractivity contribution in [2.75, 3.05) is 25.6 Å². The summed E-state index contributed by atoms with van der Waals surface area (Å²) in [4.78, 5) is 52.6. The predicted octanol–water partition coefficient (Wildman–Crippen LogP) is 0.0174. The Labute approximate surface area is 174 Å². The molecule has 4 amide bonds. The van der Waals surface area contributed by atoms with Crippen molar-refractivity contribution in [2.24, 2.45) is 17.6 Å². The number of imide groups is 1. The Morgan fingerprint density at radius 2 is 2.03 bits per heavy atom. The minimum Gasteiger partial charge on any atom is -0.385 e. The van der Waals surface area contributed by atoms with Crippen LogP contribution in [0.15, 0.2) is 18.2 Å². The van der Waals surface area contributed by atoms with Crippen molar-refractivity contribution >= 4 is 29.3 Å². The Balaban J connectivity index is 1.77. The molecule has 0 aliphatic carbocycles. The molecular weight excluding hydrogens is 388 g/mol. The van der Waals surface area contributed by atoms with Crippen molar-refractivity contribution in [3.63, 3.8) is 0 Å². The van der Waals surface area contributed by atoms with E-state index < -0.39 is 29.3 Å². The number of ether oxygens (including phenoxy) is 1. The highest BCUT2D eigenvalue weighted by molar-refractivity contribution is 6.15. The van der Waals surface area contributed by atoms with Crippen molar-refractivity contribution in [1.82, 2.24) is 10.2 Å². The van der Waals surface area contributed by atoms with Gasteiger partial charge in [-0.3, -0.25) is 29.4 Å². The second-order valence-electron chi connectivity index (χ2n) is 8.19. The molecule has 2 saturated heterocycles. The summed E-state index contributed by atoms with van der Waals surface area (Å²) >= 11 is 0. The maximum absolute atomic E-state index is 13.4. The monoisotopic (exact) mass is 414 g/mol. The zero-order chi connectivity index (χ0) is 21.6. The Bertz CT molecular complexity index is 932. The molecule has 2 fully saturated rings. The number of carbonyl (C=O) groups is 4. The number of nitrogens with zero attached hydrogens (tertiary/aromatic N) is 1. The number of methoxy groups -OCH3 is 1. The van der Waals surface area contributed by atoms with Crippen LogP contribution in [0.4, 0.5) is 5.69 Å². The molecule has 1 spiro atoms. The maximum atomic E-state index is 13.4. The predicted molar refractivity (Wildman–Crippen MR) is 107 cm³/mol. The number of nitrogens with one attached hydrogen (secondary N) is 2. The van der Waals surface area contributed by atoms with E-state index in [0.29, 0.717) is 24.3 Å². The number of carbonyl (C=O) groups excluding carboxylic acids is 4. The van der Waals surface area contributed by atoms with Crippen molar-refractivity contribution in [2.45, 2.75) is 37.8 Å². The highest BCUT2D eigenvalue weighted by Crippen LogP contribution is 2.53. The molecule has 1 aromatic rings. The fraction of sp³-hybridized carbons (Fsp3) is 0.524. The number of primary amides is 1. The molecule has 0 bridgehead atoms. The normalized spacial score (nSPS) is 29.5. The SMILES string of the molecule is COCCCN1C(=O)C2C(CCC(N)=O)NC3(C(=O)Nc4c(C)cccc43)C2C1=O. The van der Waals surface area contributed by atoms with Gasteiger partial charge in [0.1, 0.15) is 5.54 Å². The molecule has 3 heterocycles. The average Bonchev–Trinajstić information content (AvgIpc) is 3.28. The Morgan fingerprint density at radius 3 is 2.73 bits per heavy atom. The maximum Gasteiger partial charge on any atom is 0.250 e. The van der Waals surface area contributed by atoms with Crippen LogP contribution in [0.25, 0.3) is 0 Å². The molecule has 160 valence electrons. The van der Waals surface area contributed by atoms with Gasteiger partial charge in [-0.1, -0.05) is 18.2 Å². The summed E-state index contributed by atoms with van der Waals surface area (Å²) in [5.41, 5.74) is 6.21. The van der Waals surface area contributed by atoms with Gasteiger partial charge in [0.15, 0.2) is 0 Å². The van der Waals surface area contributed by atoms with Gasteiger partial charge in [0.05, 0.1) is 11.8 Å². The topological polar surface area (TPSA) is 131 Å². The van der Waals surface area contributed by atoms with Crippen LogP contribution in [0.2, 0.25) is 0 Å². The van der Waals surface area contributed by atoms with Crippen LogP contribution in [0.3, 0.4) is 0 Å². The number of fused-ring (bicyclic) bond motifs is 4. The smallest absolute Gasteiger partial charge is 0.250 e. The van der Waals surface area contributed by atoms with E-state index in [9.17, 15) is 19.2 Å². The van der Waals surface area contributed by atoms with E-state index in [4.69, 9.17) is 10.5 Å². The van der Waals surface area contributed by atoms with Gasteiger partial charge in [-0.25, -0.2) is 0 Å². The van der Waals surface area contributed by atoms with Gasteiger partial charge in [0, 0.05) is 44.0 Å². The molecule has 3 aliphatic rings. The van der Waals surface area contributed by atoms with Crippen molar-refractivity contribution in [3.8, 4) is 0 Å². The summed E-state index contributed by atoms with van der Waals surface area (Å²) in [6.45, 7) is 2.54. The van der Waals surface area contributed by atoms with Crippen LogP contribution < -0.4 is 16.4 Å². The zero-order valence-corrected chi connectivity index (χ0v) is 17.1. The Morgan fingerprint density at radius 1 is 1.27 bits per heavy atom. The van der Waals surface area contributed by atoms with E-state index in [-0.39, 0.29) is 37.1 Å². The minimum absolute atomic E-state index is 0.0599. The van der Waals surface area contributed by atoms with Crippen LogP contribution in [0.5, 0.6) is 0 Å². The van der Waals surface area contributed by atoms with Gasteiger partial charge < -0.3 is 15.8 Å². The summed E-state index contributed by atoms with van der Waals surface area (Å²) in [5.74, 6) is -3.10. The highest BCUT2D eigenvalue weighted by Gasteiger charge is 2.70. The van der Waals surface area contributed by atoms with Gasteiger partial charge in [-0.15, -0.1) is 0 Å². The van der Waals surface area contributed by atoms with Crippen molar-refractivity contribution < 1.29 is 23.9 Å². The summed E-state index contributed by atoms with van der Waals surface area (Å²) in [6.07, 6.45) is 0.851. The summed E-state index contributed by atoms with van der Waals surface area (Å²) in [6, 6.07) is 5.02. The molecule has 30 heavy (non-hydrogen) atoms. The third-order valence-corrected chi connectivity index (χ3v) is 6.48. The van der Waals surface area contributed by atoms with Crippen LogP contribution >= 0.6 is 0 Å². The number of hydrogen-bond acceptors (Lipinski definition) is 6. The van der Waals surface area contributed by atoms with Crippen molar-refractivity contribution in [1.29, 1.82) is 0 Å². The fourth-order valence-electron chi connectivity index (χ4n) is 5.17. The average molecular weight is 414 g/mol. The molecule has 9 nitrogen and oxygen atoms in total. The standard InChI is InChI=1S/C21H26N4O5/c1-11-5-3-6-12-17(11)23-20(29)21(12)16-15(13(24-21)7-8-14(22)26)18(27)25(19(16)28)9-4-10-30-2/h3,5-6,13,15-16,24H,4,7-10H2,1-2H3,(H2,22,26)(H,23,29). The first-order chi connectivity index (χ1) is 14.3. The van der Waals surface area contributed by atoms with Gasteiger partial charge in [-0.2, -0.15) is 0 Å². The number of rotatable bonds is 7. The fourth-order valence-corrected chi connectivity index (χ4v) is 5.17. The number of anilines is 1. The number of para-hydroxylation sites is 1. The quantitative estimate of drug-likeness (QED) is 0.426. The third kappa shape index (κ3) is 2.84. The van der Waals surface area contributed by atoms with E-state index in [1.165, 1.54) is 4.90 Å². The molecule has 0 radical (unpaired) electrons. The van der Waals surface area contributed by atoms with E-state index in [1.54, 1.807) is 7.11 Å². The van der Waals surface area contributed by atoms with E-state index in [1.807, 2.05) is 25.1 Å². The first kappa shape index (κ1) is 20.5. The van der Waals surface area contributed by atoms with E-state index in [0.717, 1.165) is 5.56 Å². The second kappa shape index (κ2) is 7.48. The van der Waals surface area contributed by atoms with E-state index >= 15 is 0 Å². The van der Waals surface area contributed by atoms with Gasteiger partial charge in [0.2, 0.25) is 23.6 Å².